The molecular weight excluding hydrogens is 900 g/mol. The van der Waals surface area contributed by atoms with Crippen LogP contribution in [-0.2, 0) is 18.4 Å². The highest BCUT2D eigenvalue weighted by atomic mass is 31.2. The number of hydrogen-bond acceptors (Lipinski definition) is 6. The molecule has 0 fully saturated rings. The monoisotopic (exact) mass is 1030 g/mol. The van der Waals surface area contributed by atoms with Crippen molar-refractivity contribution in [2.45, 2.75) is 353 Å². The lowest BCUT2D eigenvalue weighted by Crippen LogP contribution is -2.46. The molecule has 0 aromatic heterocycles. The Balaban J connectivity index is 4.02. The smallest absolute Gasteiger partial charge is 0.268 e. The molecule has 0 spiro atoms. The first-order chi connectivity index (χ1) is 34.5. The Morgan fingerprint density at radius 1 is 0.437 bits per heavy atom. The molecule has 0 aliphatic rings. The number of carbonyl (C=O) groups is 1. The van der Waals surface area contributed by atoms with Gasteiger partial charge in [-0.15, -0.1) is 0 Å². The molecule has 0 aromatic rings. The first kappa shape index (κ1) is 70.5. The van der Waals surface area contributed by atoms with Crippen LogP contribution in [0.15, 0.2) is 0 Å². The number of aliphatic hydroxyl groups is 1. The summed E-state index contributed by atoms with van der Waals surface area (Å²) in [6.07, 6.45) is 65.8. The lowest BCUT2D eigenvalue weighted by Gasteiger charge is -2.30. The van der Waals surface area contributed by atoms with Gasteiger partial charge in [0.25, 0.3) is 7.82 Å². The van der Waals surface area contributed by atoms with Gasteiger partial charge in [-0.2, -0.15) is 0 Å². The summed E-state index contributed by atoms with van der Waals surface area (Å²) in [6, 6.07) is -0.796. The second-order valence-corrected chi connectivity index (χ2v) is 24.9. The predicted molar refractivity (Wildman–Crippen MR) is 307 cm³/mol. The van der Waals surface area contributed by atoms with Crippen molar-refractivity contribution in [3.05, 3.63) is 0 Å². The number of aliphatic hydroxyl groups excluding tert-OH is 1. The van der Waals surface area contributed by atoms with E-state index in [4.69, 9.17) is 9.05 Å². The molecule has 0 aliphatic carbocycles. The molecule has 3 atom stereocenters. The van der Waals surface area contributed by atoms with Gasteiger partial charge in [0.05, 0.1) is 39.9 Å². The van der Waals surface area contributed by atoms with E-state index in [1.165, 1.54) is 276 Å². The summed E-state index contributed by atoms with van der Waals surface area (Å²) in [6.45, 7) is 4.79. The van der Waals surface area contributed by atoms with E-state index in [0.717, 1.165) is 38.5 Å². The Morgan fingerprint density at radius 2 is 0.690 bits per heavy atom. The van der Waals surface area contributed by atoms with Crippen molar-refractivity contribution in [2.75, 3.05) is 40.9 Å². The summed E-state index contributed by atoms with van der Waals surface area (Å²) >= 11 is 0. The van der Waals surface area contributed by atoms with E-state index in [9.17, 15) is 19.4 Å². The first-order valence-electron chi connectivity index (χ1n) is 31.9. The van der Waals surface area contributed by atoms with Crippen molar-refractivity contribution >= 4 is 13.7 Å². The zero-order chi connectivity index (χ0) is 52.0. The number of likely N-dealkylation sites (N-methyl/N-ethyl adjacent to an activating group) is 1. The number of rotatable bonds is 60. The van der Waals surface area contributed by atoms with Crippen LogP contribution in [0.4, 0.5) is 0 Å². The zero-order valence-corrected chi connectivity index (χ0v) is 49.6. The zero-order valence-electron chi connectivity index (χ0n) is 48.7. The molecular formula is C62H127N2O6P. The Morgan fingerprint density at radius 3 is 0.958 bits per heavy atom. The molecule has 0 saturated heterocycles. The Bertz CT molecular complexity index is 1120. The second kappa shape index (κ2) is 54.3. The molecule has 1 amide bonds. The standard InChI is InChI=1S/C62H127N2O6P/c1-6-8-10-12-14-16-18-20-22-24-26-28-29-30-31-32-33-34-35-36-38-40-42-44-46-48-50-52-54-56-62(66)63-60(59-70-71(67,68)69-58-57-64(3,4)5)61(65)55-53-51-49-47-45-43-41-39-37-27-25-23-21-19-17-15-13-11-9-7-2/h60-61,65H,6-59H2,1-5H3,(H-,63,66,67,68). The molecule has 0 heterocycles. The number of unbranched alkanes of at least 4 members (excludes halogenated alkanes) is 47. The lowest BCUT2D eigenvalue weighted by atomic mass is 10.0. The quantitative estimate of drug-likeness (QED) is 0.0357. The highest BCUT2D eigenvalue weighted by Crippen LogP contribution is 2.38. The summed E-state index contributed by atoms with van der Waals surface area (Å²) in [5, 5.41) is 14.1. The normalized spacial score (nSPS) is 13.7. The van der Waals surface area contributed by atoms with Gasteiger partial charge in [0, 0.05) is 6.42 Å². The van der Waals surface area contributed by atoms with Crippen LogP contribution in [0, 0.1) is 0 Å². The highest BCUT2D eigenvalue weighted by Gasteiger charge is 2.24. The maximum Gasteiger partial charge on any atom is 0.268 e. The Labute approximate surface area is 444 Å². The maximum absolute atomic E-state index is 13.0. The van der Waals surface area contributed by atoms with Crippen LogP contribution in [0.3, 0.4) is 0 Å². The Kier molecular flexibility index (Phi) is 53.9. The van der Waals surface area contributed by atoms with Gasteiger partial charge in [0.2, 0.25) is 5.91 Å². The average molecular weight is 1030 g/mol. The van der Waals surface area contributed by atoms with E-state index < -0.39 is 20.0 Å². The molecule has 0 bridgehead atoms. The number of quaternary nitrogens is 1. The van der Waals surface area contributed by atoms with Crippen LogP contribution in [0.2, 0.25) is 0 Å². The molecule has 426 valence electrons. The fraction of sp³-hybridized carbons (Fsp3) is 0.984. The third-order valence-corrected chi connectivity index (χ3v) is 16.1. The molecule has 8 nitrogen and oxygen atoms in total. The minimum absolute atomic E-state index is 0.0168. The summed E-state index contributed by atoms with van der Waals surface area (Å²) in [4.78, 5) is 25.6. The fourth-order valence-electron chi connectivity index (χ4n) is 10.1. The topological polar surface area (TPSA) is 108 Å². The van der Waals surface area contributed by atoms with Crippen LogP contribution in [-0.4, -0.2) is 68.5 Å². The minimum atomic E-state index is -4.57. The molecule has 9 heteroatoms. The van der Waals surface area contributed by atoms with Crippen molar-refractivity contribution in [1.82, 2.24) is 5.32 Å². The van der Waals surface area contributed by atoms with Crippen LogP contribution in [0.1, 0.15) is 341 Å². The molecule has 0 aliphatic heterocycles. The number of amides is 1. The third-order valence-electron chi connectivity index (χ3n) is 15.1. The lowest BCUT2D eigenvalue weighted by molar-refractivity contribution is -0.870. The third kappa shape index (κ3) is 57.1. The maximum atomic E-state index is 13.0. The molecule has 0 rings (SSSR count). The van der Waals surface area contributed by atoms with E-state index in [2.05, 4.69) is 19.2 Å². The molecule has 2 N–H and O–H groups in total. The van der Waals surface area contributed by atoms with Crippen molar-refractivity contribution in [3.63, 3.8) is 0 Å². The number of nitrogens with zero attached hydrogens (tertiary/aromatic N) is 1. The molecule has 0 saturated carbocycles. The summed E-state index contributed by atoms with van der Waals surface area (Å²) in [5.74, 6) is -0.155. The minimum Gasteiger partial charge on any atom is -0.756 e. The van der Waals surface area contributed by atoms with Gasteiger partial charge >= 0.3 is 0 Å². The molecule has 0 aromatic carbocycles. The molecule has 71 heavy (non-hydrogen) atoms. The van der Waals surface area contributed by atoms with Crippen LogP contribution >= 0.6 is 7.82 Å². The molecule has 3 unspecified atom stereocenters. The van der Waals surface area contributed by atoms with Crippen LogP contribution in [0.5, 0.6) is 0 Å². The van der Waals surface area contributed by atoms with Gasteiger partial charge < -0.3 is 28.8 Å². The number of phosphoric acid groups is 1. The second-order valence-electron chi connectivity index (χ2n) is 23.5. The number of carbonyl (C=O) groups excluding carboxylic acids is 1. The highest BCUT2D eigenvalue weighted by molar-refractivity contribution is 7.45. The Hall–Kier alpha value is -0.500. The van der Waals surface area contributed by atoms with Crippen molar-refractivity contribution in [2.24, 2.45) is 0 Å². The fourth-order valence-corrected chi connectivity index (χ4v) is 10.8. The summed E-state index contributed by atoms with van der Waals surface area (Å²) in [7, 11) is 1.33. The van der Waals surface area contributed by atoms with E-state index in [1.54, 1.807) is 0 Å². The van der Waals surface area contributed by atoms with E-state index in [-0.39, 0.29) is 19.1 Å². The van der Waals surface area contributed by atoms with Crippen LogP contribution in [0.25, 0.3) is 0 Å². The van der Waals surface area contributed by atoms with Crippen molar-refractivity contribution in [3.8, 4) is 0 Å². The van der Waals surface area contributed by atoms with Gasteiger partial charge in [0.1, 0.15) is 13.2 Å². The van der Waals surface area contributed by atoms with E-state index in [1.807, 2.05) is 21.1 Å². The van der Waals surface area contributed by atoms with Gasteiger partial charge in [-0.05, 0) is 12.8 Å². The van der Waals surface area contributed by atoms with Crippen molar-refractivity contribution in [1.29, 1.82) is 0 Å². The average Bonchev–Trinajstić information content (AvgIpc) is 3.33. The molecule has 0 radical (unpaired) electrons. The number of nitrogens with one attached hydrogen (secondary N) is 1. The predicted octanol–water partition coefficient (Wildman–Crippen LogP) is 19.0. The number of hydrogen-bond donors (Lipinski definition) is 2. The number of phosphoric ester groups is 1. The van der Waals surface area contributed by atoms with Gasteiger partial charge in [-0.3, -0.25) is 9.36 Å². The van der Waals surface area contributed by atoms with Crippen LogP contribution < -0.4 is 10.2 Å². The van der Waals surface area contributed by atoms with Gasteiger partial charge in [-0.25, -0.2) is 0 Å². The van der Waals surface area contributed by atoms with Gasteiger partial charge in [0.15, 0.2) is 0 Å². The first-order valence-corrected chi connectivity index (χ1v) is 33.3. The van der Waals surface area contributed by atoms with E-state index >= 15 is 0 Å². The van der Waals surface area contributed by atoms with Gasteiger partial charge in [-0.1, -0.05) is 322 Å². The largest absolute Gasteiger partial charge is 0.756 e. The van der Waals surface area contributed by atoms with Crippen molar-refractivity contribution < 1.29 is 32.9 Å². The van der Waals surface area contributed by atoms with E-state index in [0.29, 0.717) is 23.9 Å². The SMILES string of the molecule is CCCCCCCCCCCCCCCCCCCCCCCCCCCCCCCC(=O)NC(COP(=O)([O-])OCC[N+](C)(C)C)C(O)CCCCCCCCCCCCCCCCCCCCCC. The summed E-state index contributed by atoms with van der Waals surface area (Å²) < 4.78 is 23.5. The summed E-state index contributed by atoms with van der Waals surface area (Å²) in [5.41, 5.74) is 0.